The zero-order valence-electron chi connectivity index (χ0n) is 12.3. The third-order valence-corrected chi connectivity index (χ3v) is 3.45. The summed E-state index contributed by atoms with van der Waals surface area (Å²) in [5.74, 6) is 0.204. The third kappa shape index (κ3) is 2.79. The van der Waals surface area contributed by atoms with Crippen LogP contribution in [0.4, 0.5) is 11.4 Å². The molecule has 1 unspecified atom stereocenters. The molecule has 5 nitrogen and oxygen atoms in total. The van der Waals surface area contributed by atoms with E-state index in [1.807, 2.05) is 25.1 Å². The van der Waals surface area contributed by atoms with Gasteiger partial charge in [-0.25, -0.2) is 0 Å². The van der Waals surface area contributed by atoms with E-state index >= 15 is 0 Å². The molecule has 1 aliphatic heterocycles. The van der Waals surface area contributed by atoms with Crippen LogP contribution in [0.25, 0.3) is 0 Å². The average Bonchev–Trinajstić information content (AvgIpc) is 2.49. The van der Waals surface area contributed by atoms with Gasteiger partial charge in [0.15, 0.2) is 6.10 Å². The lowest BCUT2D eigenvalue weighted by molar-refractivity contribution is -0.122. The Hall–Kier alpha value is -2.82. The van der Waals surface area contributed by atoms with Gasteiger partial charge in [-0.1, -0.05) is 17.7 Å². The molecule has 112 valence electrons. The smallest absolute Gasteiger partial charge is 0.265 e. The van der Waals surface area contributed by atoms with Gasteiger partial charge in [-0.15, -0.1) is 0 Å². The van der Waals surface area contributed by atoms with E-state index in [1.54, 1.807) is 31.2 Å². The van der Waals surface area contributed by atoms with Gasteiger partial charge in [0, 0.05) is 11.3 Å². The number of ether oxygens (including phenoxy) is 1. The summed E-state index contributed by atoms with van der Waals surface area (Å²) in [5.41, 5.74) is 2.77. The number of anilines is 2. The maximum Gasteiger partial charge on any atom is 0.265 e. The number of hydrogen-bond acceptors (Lipinski definition) is 3. The highest BCUT2D eigenvalue weighted by Crippen LogP contribution is 2.32. The summed E-state index contributed by atoms with van der Waals surface area (Å²) in [7, 11) is 0. The van der Waals surface area contributed by atoms with Crippen molar-refractivity contribution in [3.05, 3.63) is 53.6 Å². The van der Waals surface area contributed by atoms with Crippen LogP contribution in [0, 0.1) is 6.92 Å². The first-order valence-electron chi connectivity index (χ1n) is 7.02. The van der Waals surface area contributed by atoms with Crippen LogP contribution in [0.5, 0.6) is 5.75 Å². The van der Waals surface area contributed by atoms with Crippen LogP contribution in [0.3, 0.4) is 0 Å². The Morgan fingerprint density at radius 1 is 1.23 bits per heavy atom. The third-order valence-electron chi connectivity index (χ3n) is 3.45. The summed E-state index contributed by atoms with van der Waals surface area (Å²) in [5, 5.41) is 5.57. The monoisotopic (exact) mass is 296 g/mol. The Bertz CT molecular complexity index is 755. The molecule has 0 saturated heterocycles. The predicted molar refractivity (Wildman–Crippen MR) is 84.3 cm³/mol. The first-order chi connectivity index (χ1) is 10.5. The highest BCUT2D eigenvalue weighted by molar-refractivity contribution is 6.05. The van der Waals surface area contributed by atoms with Crippen molar-refractivity contribution in [3.8, 4) is 5.75 Å². The average molecular weight is 296 g/mol. The van der Waals surface area contributed by atoms with Gasteiger partial charge in [-0.3, -0.25) is 9.59 Å². The maximum absolute atomic E-state index is 12.2. The van der Waals surface area contributed by atoms with Crippen LogP contribution in [0.2, 0.25) is 0 Å². The molecule has 0 bridgehead atoms. The summed E-state index contributed by atoms with van der Waals surface area (Å²) in [6.45, 7) is 3.62. The Kier molecular flexibility index (Phi) is 3.55. The first kappa shape index (κ1) is 14.1. The lowest BCUT2D eigenvalue weighted by Gasteiger charge is -2.23. The standard InChI is InChI=1S/C17H16N2O3/c1-10-4-3-5-12(8-10)17(21)18-13-6-7-15-14(9-13)19-16(20)11(2)22-15/h3-9,11H,1-2H3,(H,18,21)(H,19,20). The first-order valence-corrected chi connectivity index (χ1v) is 7.02. The topological polar surface area (TPSA) is 67.4 Å². The van der Waals surface area contributed by atoms with E-state index in [4.69, 9.17) is 4.74 Å². The quantitative estimate of drug-likeness (QED) is 0.895. The molecule has 22 heavy (non-hydrogen) atoms. The molecule has 0 aliphatic carbocycles. The minimum atomic E-state index is -0.514. The van der Waals surface area contributed by atoms with E-state index in [0.29, 0.717) is 22.7 Å². The summed E-state index contributed by atoms with van der Waals surface area (Å²) < 4.78 is 5.48. The van der Waals surface area contributed by atoms with Crippen molar-refractivity contribution >= 4 is 23.2 Å². The van der Waals surface area contributed by atoms with Crippen LogP contribution in [0.15, 0.2) is 42.5 Å². The summed E-state index contributed by atoms with van der Waals surface area (Å²) in [6.07, 6.45) is -0.514. The van der Waals surface area contributed by atoms with Crippen molar-refractivity contribution in [3.63, 3.8) is 0 Å². The van der Waals surface area contributed by atoms with Gasteiger partial charge < -0.3 is 15.4 Å². The Labute approximate surface area is 128 Å². The van der Waals surface area contributed by atoms with E-state index in [9.17, 15) is 9.59 Å². The van der Waals surface area contributed by atoms with E-state index < -0.39 is 6.10 Å². The normalized spacial score (nSPS) is 16.3. The fraction of sp³-hybridized carbons (Fsp3) is 0.176. The molecule has 0 saturated carbocycles. The summed E-state index contributed by atoms with van der Waals surface area (Å²) >= 11 is 0. The van der Waals surface area contributed by atoms with Crippen molar-refractivity contribution in [2.45, 2.75) is 20.0 Å². The minimum absolute atomic E-state index is 0.194. The van der Waals surface area contributed by atoms with Crippen molar-refractivity contribution in [1.82, 2.24) is 0 Å². The second-order valence-corrected chi connectivity index (χ2v) is 5.28. The number of benzene rings is 2. The molecule has 5 heteroatoms. The lowest BCUT2D eigenvalue weighted by Crippen LogP contribution is -2.34. The van der Waals surface area contributed by atoms with Crippen molar-refractivity contribution in [2.24, 2.45) is 0 Å². The maximum atomic E-state index is 12.2. The van der Waals surface area contributed by atoms with Gasteiger partial charge in [-0.05, 0) is 44.2 Å². The van der Waals surface area contributed by atoms with E-state index in [2.05, 4.69) is 10.6 Å². The second kappa shape index (κ2) is 5.52. The summed E-state index contributed by atoms with van der Waals surface area (Å²) in [4.78, 5) is 23.8. The molecule has 2 amide bonds. The van der Waals surface area contributed by atoms with Crippen molar-refractivity contribution in [1.29, 1.82) is 0 Å². The number of rotatable bonds is 2. The molecule has 2 aromatic rings. The number of carbonyl (C=O) groups excluding carboxylic acids is 2. The Morgan fingerprint density at radius 2 is 2.05 bits per heavy atom. The number of hydrogen-bond donors (Lipinski definition) is 2. The van der Waals surface area contributed by atoms with Gasteiger partial charge in [0.1, 0.15) is 5.75 Å². The molecular formula is C17H16N2O3. The van der Waals surface area contributed by atoms with Crippen molar-refractivity contribution in [2.75, 3.05) is 10.6 Å². The van der Waals surface area contributed by atoms with Crippen LogP contribution >= 0.6 is 0 Å². The summed E-state index contributed by atoms with van der Waals surface area (Å²) in [6, 6.07) is 12.5. The molecule has 1 aliphatic rings. The zero-order valence-corrected chi connectivity index (χ0v) is 12.3. The number of amides is 2. The molecular weight excluding hydrogens is 280 g/mol. The molecule has 0 radical (unpaired) electrons. The van der Waals surface area contributed by atoms with Gasteiger partial charge in [0.2, 0.25) is 0 Å². The molecule has 0 spiro atoms. The fourth-order valence-corrected chi connectivity index (χ4v) is 2.28. The highest BCUT2D eigenvalue weighted by atomic mass is 16.5. The highest BCUT2D eigenvalue weighted by Gasteiger charge is 2.23. The molecule has 2 N–H and O–H groups in total. The Balaban J connectivity index is 1.80. The molecule has 0 aromatic heterocycles. The zero-order chi connectivity index (χ0) is 15.7. The number of carbonyl (C=O) groups is 2. The van der Waals surface area contributed by atoms with E-state index in [0.717, 1.165) is 5.56 Å². The van der Waals surface area contributed by atoms with Gasteiger partial charge in [0.25, 0.3) is 11.8 Å². The molecule has 2 aromatic carbocycles. The second-order valence-electron chi connectivity index (χ2n) is 5.28. The van der Waals surface area contributed by atoms with Crippen LogP contribution in [-0.4, -0.2) is 17.9 Å². The molecule has 3 rings (SSSR count). The van der Waals surface area contributed by atoms with Gasteiger partial charge in [-0.2, -0.15) is 0 Å². The molecule has 0 fully saturated rings. The molecule has 1 heterocycles. The fourth-order valence-electron chi connectivity index (χ4n) is 2.28. The number of aryl methyl sites for hydroxylation is 1. The van der Waals surface area contributed by atoms with Gasteiger partial charge >= 0.3 is 0 Å². The predicted octanol–water partition coefficient (Wildman–Crippen LogP) is 2.97. The van der Waals surface area contributed by atoms with Crippen LogP contribution in [-0.2, 0) is 4.79 Å². The number of fused-ring (bicyclic) bond motifs is 1. The Morgan fingerprint density at radius 3 is 2.82 bits per heavy atom. The molecule has 1 atom stereocenters. The lowest BCUT2D eigenvalue weighted by atomic mass is 10.1. The van der Waals surface area contributed by atoms with Crippen LogP contribution in [0.1, 0.15) is 22.8 Å². The van der Waals surface area contributed by atoms with Crippen LogP contribution < -0.4 is 15.4 Å². The largest absolute Gasteiger partial charge is 0.479 e. The van der Waals surface area contributed by atoms with E-state index in [1.165, 1.54) is 0 Å². The van der Waals surface area contributed by atoms with Gasteiger partial charge in [0.05, 0.1) is 5.69 Å². The SMILES string of the molecule is Cc1cccc(C(=O)Nc2ccc3c(c2)NC(=O)C(C)O3)c1. The van der Waals surface area contributed by atoms with E-state index in [-0.39, 0.29) is 11.8 Å². The number of nitrogens with one attached hydrogen (secondary N) is 2. The minimum Gasteiger partial charge on any atom is -0.479 e. The van der Waals surface area contributed by atoms with Crippen molar-refractivity contribution < 1.29 is 14.3 Å².